The van der Waals surface area contributed by atoms with Gasteiger partial charge in [0, 0.05) is 9.75 Å². The Kier molecular flexibility index (Phi) is 3.73. The van der Waals surface area contributed by atoms with Crippen LogP contribution in [0.5, 0.6) is 0 Å². The number of thiophene rings is 1. The SMILES string of the molecule is CC1CCCC(C(NN)c2cc3c(s2)CCC3)C1. The van der Waals surface area contributed by atoms with Crippen molar-refractivity contribution in [1.82, 2.24) is 5.43 Å². The molecule has 0 aliphatic heterocycles. The van der Waals surface area contributed by atoms with E-state index in [1.165, 1.54) is 49.8 Å². The third kappa shape index (κ3) is 2.36. The van der Waals surface area contributed by atoms with E-state index in [1.807, 2.05) is 11.3 Å². The largest absolute Gasteiger partial charge is 0.271 e. The van der Waals surface area contributed by atoms with Crippen LogP contribution in [0.15, 0.2) is 6.07 Å². The lowest BCUT2D eigenvalue weighted by Gasteiger charge is -2.32. The Bertz CT molecular complexity index is 391. The summed E-state index contributed by atoms with van der Waals surface area (Å²) in [4.78, 5) is 3.11. The topological polar surface area (TPSA) is 38.0 Å². The van der Waals surface area contributed by atoms with Crippen LogP contribution in [0, 0.1) is 11.8 Å². The zero-order valence-corrected chi connectivity index (χ0v) is 12.1. The van der Waals surface area contributed by atoms with Gasteiger partial charge in [-0.2, -0.15) is 0 Å². The second-order valence-electron chi connectivity index (χ2n) is 6.13. The van der Waals surface area contributed by atoms with Gasteiger partial charge in [0.2, 0.25) is 0 Å². The Morgan fingerprint density at radius 2 is 2.22 bits per heavy atom. The molecule has 3 atom stereocenters. The predicted octanol–water partition coefficient (Wildman–Crippen LogP) is 3.57. The van der Waals surface area contributed by atoms with Crippen LogP contribution >= 0.6 is 11.3 Å². The van der Waals surface area contributed by atoms with Crippen molar-refractivity contribution < 1.29 is 0 Å². The molecule has 2 aliphatic carbocycles. The van der Waals surface area contributed by atoms with Crippen molar-refractivity contribution in [1.29, 1.82) is 0 Å². The molecule has 0 aromatic carbocycles. The van der Waals surface area contributed by atoms with Crippen LogP contribution in [0.3, 0.4) is 0 Å². The van der Waals surface area contributed by atoms with Gasteiger partial charge in [-0.3, -0.25) is 11.3 Å². The Hall–Kier alpha value is -0.380. The molecule has 1 aromatic heterocycles. The smallest absolute Gasteiger partial charge is 0.0581 e. The molecular weight excluding hydrogens is 240 g/mol. The lowest BCUT2D eigenvalue weighted by molar-refractivity contribution is 0.226. The van der Waals surface area contributed by atoms with Crippen LogP contribution in [-0.4, -0.2) is 0 Å². The van der Waals surface area contributed by atoms with Gasteiger partial charge in [0.15, 0.2) is 0 Å². The van der Waals surface area contributed by atoms with E-state index in [0.717, 1.165) is 11.8 Å². The van der Waals surface area contributed by atoms with Crippen LogP contribution in [-0.2, 0) is 12.8 Å². The maximum Gasteiger partial charge on any atom is 0.0581 e. The number of hydrazine groups is 1. The molecule has 0 radical (unpaired) electrons. The normalized spacial score (nSPS) is 29.2. The van der Waals surface area contributed by atoms with E-state index < -0.39 is 0 Å². The summed E-state index contributed by atoms with van der Waals surface area (Å²) in [6, 6.07) is 2.82. The number of hydrogen-bond donors (Lipinski definition) is 2. The van der Waals surface area contributed by atoms with Gasteiger partial charge in [-0.05, 0) is 55.6 Å². The summed E-state index contributed by atoms with van der Waals surface area (Å²) < 4.78 is 0. The molecule has 1 fully saturated rings. The van der Waals surface area contributed by atoms with Crippen LogP contribution in [0.25, 0.3) is 0 Å². The molecular formula is C15H24N2S. The molecule has 0 saturated heterocycles. The third-order valence-corrected chi connectivity index (χ3v) is 6.02. The predicted molar refractivity (Wildman–Crippen MR) is 77.5 cm³/mol. The molecule has 2 nitrogen and oxygen atoms in total. The highest BCUT2D eigenvalue weighted by atomic mass is 32.1. The summed E-state index contributed by atoms with van der Waals surface area (Å²) in [6.07, 6.45) is 9.36. The molecule has 100 valence electrons. The zero-order chi connectivity index (χ0) is 12.5. The van der Waals surface area contributed by atoms with Gasteiger partial charge in [-0.15, -0.1) is 11.3 Å². The van der Waals surface area contributed by atoms with Crippen LogP contribution in [0.2, 0.25) is 0 Å². The molecule has 1 aromatic rings. The maximum absolute atomic E-state index is 5.86. The van der Waals surface area contributed by atoms with E-state index >= 15 is 0 Å². The van der Waals surface area contributed by atoms with Crippen molar-refractivity contribution in [3.8, 4) is 0 Å². The molecule has 0 bridgehead atoms. The number of hydrogen-bond acceptors (Lipinski definition) is 3. The summed E-state index contributed by atoms with van der Waals surface area (Å²) in [7, 11) is 0. The standard InChI is InChI=1S/C15H24N2S/c1-10-4-2-6-12(8-10)15(17-16)14-9-11-5-3-7-13(11)18-14/h9-10,12,15,17H,2-8,16H2,1H3. The quantitative estimate of drug-likeness (QED) is 0.647. The Balaban J connectivity index is 1.78. The number of nitrogens with one attached hydrogen (secondary N) is 1. The number of rotatable bonds is 3. The summed E-state index contributed by atoms with van der Waals surface area (Å²) in [5.74, 6) is 7.46. The maximum atomic E-state index is 5.86. The van der Waals surface area contributed by atoms with Gasteiger partial charge < -0.3 is 0 Å². The van der Waals surface area contributed by atoms with Gasteiger partial charge in [0.1, 0.15) is 0 Å². The molecule has 0 spiro atoms. The van der Waals surface area contributed by atoms with Crippen LogP contribution in [0.4, 0.5) is 0 Å². The first kappa shape index (κ1) is 12.6. The van der Waals surface area contributed by atoms with E-state index in [2.05, 4.69) is 18.4 Å². The third-order valence-electron chi connectivity index (χ3n) is 4.70. The van der Waals surface area contributed by atoms with Crippen molar-refractivity contribution >= 4 is 11.3 Å². The highest BCUT2D eigenvalue weighted by molar-refractivity contribution is 7.12. The summed E-state index contributed by atoms with van der Waals surface area (Å²) in [6.45, 7) is 2.38. The summed E-state index contributed by atoms with van der Waals surface area (Å²) in [5, 5.41) is 0. The van der Waals surface area contributed by atoms with E-state index in [4.69, 9.17) is 5.84 Å². The molecule has 1 saturated carbocycles. The van der Waals surface area contributed by atoms with E-state index in [0.29, 0.717) is 6.04 Å². The molecule has 18 heavy (non-hydrogen) atoms. The van der Waals surface area contributed by atoms with Crippen molar-refractivity contribution in [2.75, 3.05) is 0 Å². The Labute approximate surface area is 114 Å². The number of nitrogens with two attached hydrogens (primary N) is 1. The van der Waals surface area contributed by atoms with Crippen LogP contribution < -0.4 is 11.3 Å². The minimum absolute atomic E-state index is 0.392. The lowest BCUT2D eigenvalue weighted by Crippen LogP contribution is -2.35. The minimum atomic E-state index is 0.392. The second-order valence-corrected chi connectivity index (χ2v) is 7.30. The van der Waals surface area contributed by atoms with Crippen molar-refractivity contribution in [2.24, 2.45) is 17.7 Å². The Morgan fingerprint density at radius 1 is 1.33 bits per heavy atom. The Morgan fingerprint density at radius 3 is 2.94 bits per heavy atom. The average Bonchev–Trinajstić information content (AvgIpc) is 2.91. The lowest BCUT2D eigenvalue weighted by atomic mass is 9.78. The summed E-state index contributed by atoms with van der Waals surface area (Å²) >= 11 is 2.01. The van der Waals surface area contributed by atoms with Gasteiger partial charge in [0.05, 0.1) is 6.04 Å². The average molecular weight is 264 g/mol. The van der Waals surface area contributed by atoms with Gasteiger partial charge in [0.25, 0.3) is 0 Å². The molecule has 3 heteroatoms. The molecule has 3 rings (SSSR count). The number of aryl methyl sites for hydroxylation is 2. The molecule has 1 heterocycles. The molecule has 3 unspecified atom stereocenters. The first-order valence-corrected chi connectivity index (χ1v) is 8.17. The zero-order valence-electron chi connectivity index (χ0n) is 11.2. The number of fused-ring (bicyclic) bond motifs is 1. The highest BCUT2D eigenvalue weighted by Crippen LogP contribution is 2.41. The van der Waals surface area contributed by atoms with E-state index in [-0.39, 0.29) is 0 Å². The van der Waals surface area contributed by atoms with Crippen molar-refractivity contribution in [3.63, 3.8) is 0 Å². The van der Waals surface area contributed by atoms with Crippen molar-refractivity contribution in [2.45, 2.75) is 57.9 Å². The van der Waals surface area contributed by atoms with Crippen molar-refractivity contribution in [3.05, 3.63) is 21.4 Å². The van der Waals surface area contributed by atoms with Gasteiger partial charge in [-0.25, -0.2) is 0 Å². The second kappa shape index (κ2) is 5.32. The van der Waals surface area contributed by atoms with E-state index in [9.17, 15) is 0 Å². The van der Waals surface area contributed by atoms with Crippen LogP contribution in [0.1, 0.15) is 60.4 Å². The van der Waals surface area contributed by atoms with Gasteiger partial charge in [-0.1, -0.05) is 19.8 Å². The fourth-order valence-electron chi connectivity index (χ4n) is 3.74. The molecule has 2 aliphatic rings. The first-order chi connectivity index (χ1) is 8.78. The summed E-state index contributed by atoms with van der Waals surface area (Å²) in [5.41, 5.74) is 4.70. The molecule has 3 N–H and O–H groups in total. The highest BCUT2D eigenvalue weighted by Gasteiger charge is 2.29. The first-order valence-electron chi connectivity index (χ1n) is 7.35. The van der Waals surface area contributed by atoms with E-state index in [1.54, 1.807) is 10.4 Å². The van der Waals surface area contributed by atoms with Gasteiger partial charge >= 0.3 is 0 Å². The monoisotopic (exact) mass is 264 g/mol. The molecule has 0 amide bonds. The fourth-order valence-corrected chi connectivity index (χ4v) is 5.15. The fraction of sp³-hybridized carbons (Fsp3) is 0.733. The minimum Gasteiger partial charge on any atom is -0.271 e.